The van der Waals surface area contributed by atoms with Crippen LogP contribution < -0.4 is 10.5 Å². The second kappa shape index (κ2) is 6.69. The molecule has 0 bridgehead atoms. The Bertz CT molecular complexity index is 838. The van der Waals surface area contributed by atoms with Gasteiger partial charge in [-0.15, -0.1) is 0 Å². The van der Waals surface area contributed by atoms with Crippen molar-refractivity contribution in [2.45, 2.75) is 12.6 Å². The van der Waals surface area contributed by atoms with Crippen molar-refractivity contribution in [1.29, 1.82) is 0 Å². The Labute approximate surface area is 137 Å². The van der Waals surface area contributed by atoms with Crippen LogP contribution in [0, 0.1) is 10.1 Å². The topological polar surface area (TPSA) is 96.6 Å². The lowest BCUT2D eigenvalue weighted by Crippen LogP contribution is -2.22. The van der Waals surface area contributed by atoms with Crippen molar-refractivity contribution in [1.82, 2.24) is 4.98 Å². The summed E-state index contributed by atoms with van der Waals surface area (Å²) in [6.07, 6.45) is -4.43. The van der Waals surface area contributed by atoms with Gasteiger partial charge in [-0.3, -0.25) is 14.9 Å². The highest BCUT2D eigenvalue weighted by Crippen LogP contribution is 2.38. The van der Waals surface area contributed by atoms with E-state index in [1.807, 2.05) is 0 Å². The SMILES string of the molecule is CN(CCCO)c1nc(=O)c2cc(C(F)(F)F)cc([N+](=O)[O-])c2s1. The summed E-state index contributed by atoms with van der Waals surface area (Å²) >= 11 is 0.758. The number of halogens is 3. The average Bonchev–Trinajstić information content (AvgIpc) is 2.50. The molecular formula is C13H12F3N3O4S. The van der Waals surface area contributed by atoms with E-state index in [0.29, 0.717) is 25.1 Å². The molecule has 130 valence electrons. The molecule has 1 N–H and O–H groups in total. The van der Waals surface area contributed by atoms with Crippen molar-refractivity contribution in [3.05, 3.63) is 38.2 Å². The third-order valence-electron chi connectivity index (χ3n) is 3.19. The van der Waals surface area contributed by atoms with Gasteiger partial charge in [0.2, 0.25) is 0 Å². The number of hydrogen-bond acceptors (Lipinski definition) is 7. The maximum atomic E-state index is 12.9. The van der Waals surface area contributed by atoms with Crippen molar-refractivity contribution in [2.24, 2.45) is 0 Å². The number of nitro groups is 1. The van der Waals surface area contributed by atoms with Gasteiger partial charge in [-0.1, -0.05) is 11.3 Å². The minimum absolute atomic E-state index is 0.0953. The zero-order chi connectivity index (χ0) is 18.1. The lowest BCUT2D eigenvalue weighted by Gasteiger charge is -2.16. The number of rotatable bonds is 5. The summed E-state index contributed by atoms with van der Waals surface area (Å²) in [5.41, 5.74) is -3.03. The summed E-state index contributed by atoms with van der Waals surface area (Å²) in [6.45, 7) is 0.237. The zero-order valence-corrected chi connectivity index (χ0v) is 13.1. The van der Waals surface area contributed by atoms with E-state index in [9.17, 15) is 28.1 Å². The first-order valence-corrected chi connectivity index (χ1v) is 7.49. The van der Waals surface area contributed by atoms with Crippen LogP contribution in [-0.2, 0) is 6.18 Å². The summed E-state index contributed by atoms with van der Waals surface area (Å²) in [5.74, 6) is 0. The quantitative estimate of drug-likeness (QED) is 0.647. The fourth-order valence-corrected chi connectivity index (χ4v) is 3.06. The van der Waals surface area contributed by atoms with Gasteiger partial charge >= 0.3 is 6.18 Å². The molecular weight excluding hydrogens is 351 g/mol. The van der Waals surface area contributed by atoms with Gasteiger partial charge in [-0.05, 0) is 12.5 Å². The zero-order valence-electron chi connectivity index (χ0n) is 12.3. The first-order chi connectivity index (χ1) is 11.1. The van der Waals surface area contributed by atoms with Gasteiger partial charge in [0, 0.05) is 26.3 Å². The summed E-state index contributed by atoms with van der Waals surface area (Å²) in [5, 5.41) is 19.6. The van der Waals surface area contributed by atoms with Crippen molar-refractivity contribution in [2.75, 3.05) is 25.1 Å². The van der Waals surface area contributed by atoms with E-state index in [4.69, 9.17) is 5.11 Å². The monoisotopic (exact) mass is 363 g/mol. The lowest BCUT2D eigenvalue weighted by molar-refractivity contribution is -0.383. The number of hydrogen-bond donors (Lipinski definition) is 1. The number of aromatic nitrogens is 1. The Morgan fingerprint density at radius 1 is 1.42 bits per heavy atom. The van der Waals surface area contributed by atoms with Crippen LogP contribution in [0.4, 0.5) is 24.0 Å². The molecule has 2 aromatic rings. The summed E-state index contributed by atoms with van der Waals surface area (Å²) < 4.78 is 38.4. The van der Waals surface area contributed by atoms with Crippen molar-refractivity contribution >= 4 is 32.2 Å². The maximum absolute atomic E-state index is 12.9. The molecule has 24 heavy (non-hydrogen) atoms. The van der Waals surface area contributed by atoms with Crippen LogP contribution in [0.25, 0.3) is 10.1 Å². The first kappa shape index (κ1) is 18.1. The Morgan fingerprint density at radius 2 is 2.08 bits per heavy atom. The van der Waals surface area contributed by atoms with Crippen LogP contribution in [-0.4, -0.2) is 35.2 Å². The van der Waals surface area contributed by atoms with Crippen molar-refractivity contribution in [3.8, 4) is 0 Å². The standard InChI is InChI=1S/C13H12F3N3O4S/c1-18(3-2-4-20)12-17-11(21)8-5-7(13(14,15)16)6-9(19(22)23)10(8)24-12/h5-6,20H,2-4H2,1H3. The molecule has 0 aliphatic carbocycles. The number of nitro benzene ring substituents is 1. The average molecular weight is 363 g/mol. The van der Waals surface area contributed by atoms with E-state index in [-0.39, 0.29) is 16.4 Å². The second-order valence-corrected chi connectivity index (χ2v) is 5.90. The van der Waals surface area contributed by atoms with E-state index in [1.165, 1.54) is 4.90 Å². The van der Waals surface area contributed by atoms with E-state index in [1.54, 1.807) is 7.05 Å². The number of nitrogens with zero attached hydrogens (tertiary/aromatic N) is 3. The molecule has 2 rings (SSSR count). The maximum Gasteiger partial charge on any atom is 0.416 e. The smallest absolute Gasteiger partial charge is 0.396 e. The van der Waals surface area contributed by atoms with Crippen LogP contribution in [0.15, 0.2) is 16.9 Å². The van der Waals surface area contributed by atoms with Crippen molar-refractivity contribution < 1.29 is 23.2 Å². The minimum Gasteiger partial charge on any atom is -0.396 e. The molecule has 0 unspecified atom stereocenters. The van der Waals surface area contributed by atoms with E-state index in [0.717, 1.165) is 11.3 Å². The highest BCUT2D eigenvalue weighted by molar-refractivity contribution is 7.22. The molecule has 0 amide bonds. The predicted octanol–water partition coefficient (Wildman–Crippen LogP) is 2.40. The Hall–Kier alpha value is -2.27. The molecule has 0 aliphatic rings. The summed E-state index contributed by atoms with van der Waals surface area (Å²) in [7, 11) is 1.57. The molecule has 0 atom stereocenters. The normalized spacial score (nSPS) is 11.7. The molecule has 1 aromatic heterocycles. The van der Waals surface area contributed by atoms with Gasteiger partial charge in [0.05, 0.1) is 15.9 Å². The minimum atomic E-state index is -4.81. The largest absolute Gasteiger partial charge is 0.416 e. The third kappa shape index (κ3) is 3.62. The highest BCUT2D eigenvalue weighted by Gasteiger charge is 2.34. The van der Waals surface area contributed by atoms with Gasteiger partial charge in [0.25, 0.3) is 11.2 Å². The van der Waals surface area contributed by atoms with E-state index >= 15 is 0 Å². The number of non-ortho nitro benzene ring substituents is 1. The molecule has 11 heteroatoms. The van der Waals surface area contributed by atoms with Gasteiger partial charge in [-0.2, -0.15) is 18.2 Å². The molecule has 1 aromatic carbocycles. The Balaban J connectivity index is 2.71. The molecule has 7 nitrogen and oxygen atoms in total. The van der Waals surface area contributed by atoms with Crippen molar-refractivity contribution in [3.63, 3.8) is 0 Å². The second-order valence-electron chi connectivity index (χ2n) is 4.93. The predicted molar refractivity (Wildman–Crippen MR) is 82.5 cm³/mol. The summed E-state index contributed by atoms with van der Waals surface area (Å²) in [6, 6.07) is 0.988. The van der Waals surface area contributed by atoms with Crippen LogP contribution in [0.2, 0.25) is 0 Å². The molecule has 0 fully saturated rings. The Morgan fingerprint density at radius 3 is 2.62 bits per heavy atom. The van der Waals surface area contributed by atoms with Crippen LogP contribution in [0.1, 0.15) is 12.0 Å². The van der Waals surface area contributed by atoms with Crippen LogP contribution >= 0.6 is 11.3 Å². The number of benzene rings is 1. The molecule has 0 saturated heterocycles. The molecule has 0 aliphatic heterocycles. The number of alkyl halides is 3. The third-order valence-corrected chi connectivity index (χ3v) is 4.41. The van der Waals surface area contributed by atoms with Gasteiger partial charge < -0.3 is 10.0 Å². The molecule has 0 spiro atoms. The summed E-state index contributed by atoms with van der Waals surface area (Å²) in [4.78, 5) is 27.4. The Kier molecular flexibility index (Phi) is 5.04. The van der Waals surface area contributed by atoms with Crippen LogP contribution in [0.5, 0.6) is 0 Å². The van der Waals surface area contributed by atoms with Gasteiger partial charge in [0.15, 0.2) is 5.13 Å². The number of fused-ring (bicyclic) bond motifs is 1. The number of anilines is 1. The van der Waals surface area contributed by atoms with E-state index < -0.39 is 33.3 Å². The van der Waals surface area contributed by atoms with E-state index in [2.05, 4.69) is 4.98 Å². The number of aliphatic hydroxyl groups excluding tert-OH is 1. The molecule has 0 saturated carbocycles. The van der Waals surface area contributed by atoms with Gasteiger partial charge in [-0.25, -0.2) is 0 Å². The first-order valence-electron chi connectivity index (χ1n) is 6.67. The number of aliphatic hydroxyl groups is 1. The fourth-order valence-electron chi connectivity index (χ4n) is 2.01. The molecule has 0 radical (unpaired) electrons. The fraction of sp³-hybridized carbons (Fsp3) is 0.385. The van der Waals surface area contributed by atoms with Crippen LogP contribution in [0.3, 0.4) is 0 Å². The lowest BCUT2D eigenvalue weighted by atomic mass is 10.1. The van der Waals surface area contributed by atoms with Gasteiger partial charge in [0.1, 0.15) is 4.70 Å². The highest BCUT2D eigenvalue weighted by atomic mass is 32.1. The molecule has 1 heterocycles.